The number of nitrogen functional groups attached to an aromatic ring is 1. The normalized spacial score (nSPS) is 10.3. The second-order valence-corrected chi connectivity index (χ2v) is 3.68. The molecule has 2 rings (SSSR count). The second kappa shape index (κ2) is 4.18. The Bertz CT molecular complexity index is 502. The molecular weight excluding hydrogens is 202 g/mol. The Morgan fingerprint density at radius 2 is 2.06 bits per heavy atom. The highest BCUT2D eigenvalue weighted by atomic mass is 16.1. The topological polar surface area (TPSA) is 51.9 Å². The summed E-state index contributed by atoms with van der Waals surface area (Å²) in [5.41, 5.74) is 6.51. The van der Waals surface area contributed by atoms with Gasteiger partial charge in [-0.3, -0.25) is 10.5 Å². The molecule has 0 aliphatic carbocycles. The zero-order valence-corrected chi connectivity index (χ0v) is 9.13. The van der Waals surface area contributed by atoms with Crippen LogP contribution in [0.5, 0.6) is 0 Å². The number of ketones is 1. The van der Waals surface area contributed by atoms with Gasteiger partial charge in [0.25, 0.3) is 0 Å². The molecule has 2 N–H and O–H groups in total. The van der Waals surface area contributed by atoms with Gasteiger partial charge in [-0.1, -0.05) is 30.3 Å². The Morgan fingerprint density at radius 1 is 1.38 bits per heavy atom. The average Bonchev–Trinajstić information content (AvgIpc) is 2.62. The first kappa shape index (κ1) is 10.4. The minimum atomic E-state index is 0.0588. The summed E-state index contributed by atoms with van der Waals surface area (Å²) >= 11 is 0. The summed E-state index contributed by atoms with van der Waals surface area (Å²) in [6, 6.07) is 9.21. The summed E-state index contributed by atoms with van der Waals surface area (Å²) in [4.78, 5) is 11.9. The SMILES string of the molecule is C[n+]1ccn(CC(=O)c2ccccc2)c1N. The van der Waals surface area contributed by atoms with Crippen LogP contribution >= 0.6 is 0 Å². The number of carbonyl (C=O) groups excluding carboxylic acids is 1. The highest BCUT2D eigenvalue weighted by molar-refractivity contribution is 5.95. The fourth-order valence-corrected chi connectivity index (χ4v) is 1.54. The molecule has 4 heteroatoms. The number of hydrogen-bond donors (Lipinski definition) is 1. The van der Waals surface area contributed by atoms with Gasteiger partial charge in [-0.05, 0) is 0 Å². The van der Waals surface area contributed by atoms with Crippen LogP contribution in [0, 0.1) is 0 Å². The highest BCUT2D eigenvalue weighted by Gasteiger charge is 2.13. The van der Waals surface area contributed by atoms with Crippen molar-refractivity contribution in [1.29, 1.82) is 0 Å². The predicted molar refractivity (Wildman–Crippen MR) is 60.8 cm³/mol. The Labute approximate surface area is 93.9 Å². The molecule has 16 heavy (non-hydrogen) atoms. The molecule has 1 heterocycles. The minimum absolute atomic E-state index is 0.0588. The average molecular weight is 216 g/mol. The van der Waals surface area contributed by atoms with Crippen molar-refractivity contribution in [3.05, 3.63) is 48.3 Å². The minimum Gasteiger partial charge on any atom is -0.291 e. The van der Waals surface area contributed by atoms with E-state index in [1.54, 1.807) is 15.3 Å². The third kappa shape index (κ3) is 1.95. The van der Waals surface area contributed by atoms with Crippen LogP contribution < -0.4 is 10.3 Å². The molecule has 82 valence electrons. The van der Waals surface area contributed by atoms with Crippen LogP contribution in [0.4, 0.5) is 5.95 Å². The van der Waals surface area contributed by atoms with Crippen molar-refractivity contribution < 1.29 is 9.36 Å². The van der Waals surface area contributed by atoms with E-state index in [2.05, 4.69) is 0 Å². The Balaban J connectivity index is 2.17. The van der Waals surface area contributed by atoms with Gasteiger partial charge in [0.2, 0.25) is 0 Å². The third-order valence-corrected chi connectivity index (χ3v) is 2.54. The van der Waals surface area contributed by atoms with Gasteiger partial charge in [0.05, 0.1) is 19.4 Å². The number of Topliss-reactive ketones (excluding diaryl/α,β-unsaturated/α-hetero) is 1. The van der Waals surface area contributed by atoms with E-state index in [9.17, 15) is 4.79 Å². The largest absolute Gasteiger partial charge is 0.355 e. The van der Waals surface area contributed by atoms with Gasteiger partial charge in [0.1, 0.15) is 6.54 Å². The molecule has 4 nitrogen and oxygen atoms in total. The standard InChI is InChI=1S/C12H13N3O/c1-14-7-8-15(12(14)13)9-11(16)10-5-3-2-4-6-10/h2-8,13H,9H2,1H3/p+1. The van der Waals surface area contributed by atoms with Crippen LogP contribution in [0.2, 0.25) is 0 Å². The molecule has 2 aromatic rings. The predicted octanol–water partition coefficient (Wildman–Crippen LogP) is 0.778. The van der Waals surface area contributed by atoms with E-state index < -0.39 is 0 Å². The zero-order valence-electron chi connectivity index (χ0n) is 9.13. The van der Waals surface area contributed by atoms with Gasteiger partial charge in [-0.15, -0.1) is 0 Å². The zero-order chi connectivity index (χ0) is 11.5. The second-order valence-electron chi connectivity index (χ2n) is 3.68. The van der Waals surface area contributed by atoms with E-state index in [4.69, 9.17) is 5.73 Å². The van der Waals surface area contributed by atoms with E-state index in [-0.39, 0.29) is 12.3 Å². The van der Waals surface area contributed by atoms with Crippen LogP contribution in [-0.4, -0.2) is 10.4 Å². The number of aryl methyl sites for hydroxylation is 1. The fourth-order valence-electron chi connectivity index (χ4n) is 1.54. The van der Waals surface area contributed by atoms with Crippen molar-refractivity contribution in [2.45, 2.75) is 6.54 Å². The quantitative estimate of drug-likeness (QED) is 0.609. The highest BCUT2D eigenvalue weighted by Crippen LogP contribution is 2.04. The van der Waals surface area contributed by atoms with Gasteiger partial charge in [0, 0.05) is 5.56 Å². The van der Waals surface area contributed by atoms with Crippen molar-refractivity contribution >= 4 is 11.7 Å². The van der Waals surface area contributed by atoms with E-state index in [0.717, 1.165) is 0 Å². The first-order chi connectivity index (χ1) is 7.68. The molecule has 0 aliphatic heterocycles. The smallest absolute Gasteiger partial charge is 0.291 e. The molecule has 0 aliphatic rings. The molecule has 0 saturated heterocycles. The molecular formula is C12H14N3O+. The van der Waals surface area contributed by atoms with Crippen molar-refractivity contribution in [3.8, 4) is 0 Å². The Hall–Kier alpha value is -2.10. The van der Waals surface area contributed by atoms with Gasteiger partial charge in [-0.25, -0.2) is 9.13 Å². The number of anilines is 1. The molecule has 0 bridgehead atoms. The molecule has 0 fully saturated rings. The first-order valence-corrected chi connectivity index (χ1v) is 5.07. The van der Waals surface area contributed by atoms with Crippen molar-refractivity contribution in [2.75, 3.05) is 5.73 Å². The number of aromatic nitrogens is 2. The summed E-state index contributed by atoms with van der Waals surface area (Å²) in [5.74, 6) is 0.632. The van der Waals surface area contributed by atoms with Crippen LogP contribution in [-0.2, 0) is 13.6 Å². The maximum absolute atomic E-state index is 11.9. The van der Waals surface area contributed by atoms with Gasteiger partial charge in [-0.2, -0.15) is 0 Å². The van der Waals surface area contributed by atoms with Crippen molar-refractivity contribution in [1.82, 2.24) is 4.57 Å². The molecule has 1 aromatic heterocycles. The van der Waals surface area contributed by atoms with E-state index >= 15 is 0 Å². The Morgan fingerprint density at radius 3 is 2.62 bits per heavy atom. The third-order valence-electron chi connectivity index (χ3n) is 2.54. The van der Waals surface area contributed by atoms with E-state index in [1.165, 1.54) is 0 Å². The Kier molecular flexibility index (Phi) is 2.72. The van der Waals surface area contributed by atoms with Gasteiger partial charge in [0.15, 0.2) is 5.78 Å². The van der Waals surface area contributed by atoms with Crippen LogP contribution in [0.25, 0.3) is 0 Å². The lowest BCUT2D eigenvalue weighted by Crippen LogP contribution is -2.30. The van der Waals surface area contributed by atoms with Gasteiger partial charge < -0.3 is 0 Å². The molecule has 0 radical (unpaired) electrons. The number of imidazole rings is 1. The summed E-state index contributed by atoms with van der Waals surface area (Å²) < 4.78 is 3.51. The number of benzene rings is 1. The number of nitrogens with two attached hydrogens (primary N) is 1. The van der Waals surface area contributed by atoms with Crippen LogP contribution in [0.15, 0.2) is 42.7 Å². The van der Waals surface area contributed by atoms with Crippen LogP contribution in [0.1, 0.15) is 10.4 Å². The lowest BCUT2D eigenvalue weighted by molar-refractivity contribution is -0.656. The van der Waals surface area contributed by atoms with Crippen LogP contribution in [0.3, 0.4) is 0 Å². The summed E-state index contributed by atoms with van der Waals surface area (Å²) in [6.07, 6.45) is 3.63. The monoisotopic (exact) mass is 216 g/mol. The molecule has 0 atom stereocenters. The number of rotatable bonds is 3. The fraction of sp³-hybridized carbons (Fsp3) is 0.167. The lowest BCUT2D eigenvalue weighted by atomic mass is 10.1. The van der Waals surface area contributed by atoms with E-state index in [1.807, 2.05) is 43.6 Å². The molecule has 1 aromatic carbocycles. The lowest BCUT2D eigenvalue weighted by Gasteiger charge is -2.00. The van der Waals surface area contributed by atoms with Gasteiger partial charge >= 0.3 is 5.95 Å². The number of nitrogens with zero attached hydrogens (tertiary/aromatic N) is 2. The maximum atomic E-state index is 11.9. The summed E-state index contributed by atoms with van der Waals surface area (Å²) in [6.45, 7) is 0.274. The van der Waals surface area contributed by atoms with Crippen molar-refractivity contribution in [2.24, 2.45) is 7.05 Å². The molecule has 0 unspecified atom stereocenters. The molecule has 0 amide bonds. The summed E-state index contributed by atoms with van der Waals surface area (Å²) in [5, 5.41) is 0. The number of hydrogen-bond acceptors (Lipinski definition) is 2. The maximum Gasteiger partial charge on any atom is 0.355 e. The number of carbonyl (C=O) groups is 1. The molecule has 0 spiro atoms. The van der Waals surface area contributed by atoms with Crippen molar-refractivity contribution in [3.63, 3.8) is 0 Å². The first-order valence-electron chi connectivity index (χ1n) is 5.07. The summed E-state index contributed by atoms with van der Waals surface area (Å²) in [7, 11) is 1.85. The molecule has 0 saturated carbocycles. The van der Waals surface area contributed by atoms with E-state index in [0.29, 0.717) is 11.5 Å².